The minimum Gasteiger partial charge on any atom is -0.313 e. The summed E-state index contributed by atoms with van der Waals surface area (Å²) in [4.78, 5) is 0. The number of fused-ring (bicyclic) bond motifs is 1. The Morgan fingerprint density at radius 3 is 3.27 bits per heavy atom. The number of thiophene rings is 1. The highest BCUT2D eigenvalue weighted by molar-refractivity contribution is 7.17. The Labute approximate surface area is 91.8 Å². The molecule has 0 fully saturated rings. The lowest BCUT2D eigenvalue weighted by Gasteiger charge is -2.12. The second-order valence-electron chi connectivity index (χ2n) is 3.58. The highest BCUT2D eigenvalue weighted by atomic mass is 32.1. The van der Waals surface area contributed by atoms with Crippen molar-refractivity contribution in [2.24, 2.45) is 0 Å². The van der Waals surface area contributed by atoms with Crippen LogP contribution < -0.4 is 5.32 Å². The van der Waals surface area contributed by atoms with E-state index in [9.17, 15) is 0 Å². The molecule has 0 saturated heterocycles. The Morgan fingerprint density at radius 1 is 1.40 bits per heavy atom. The first kappa shape index (κ1) is 9.00. The highest BCUT2D eigenvalue weighted by Gasteiger charge is 2.11. The average molecular weight is 217 g/mol. The highest BCUT2D eigenvalue weighted by Crippen LogP contribution is 2.30. The van der Waals surface area contributed by atoms with E-state index in [1.165, 1.54) is 15.8 Å². The number of hydrogen-bond donors (Lipinski definition) is 1. The van der Waals surface area contributed by atoms with Crippen molar-refractivity contribution in [2.75, 3.05) is 13.1 Å². The van der Waals surface area contributed by atoms with Crippen molar-refractivity contribution >= 4 is 27.1 Å². The van der Waals surface area contributed by atoms with E-state index in [4.69, 9.17) is 0 Å². The minimum absolute atomic E-state index is 0.965. The first-order valence-electron chi connectivity index (χ1n) is 5.04. The molecular formula is C11H11N3S. The van der Waals surface area contributed by atoms with E-state index in [1.807, 2.05) is 6.07 Å². The molecule has 3 heterocycles. The molecule has 0 spiro atoms. The number of nitrogens with one attached hydrogen (secondary N) is 1. The molecule has 0 aliphatic carbocycles. The van der Waals surface area contributed by atoms with Crippen LogP contribution in [-0.4, -0.2) is 23.3 Å². The van der Waals surface area contributed by atoms with Gasteiger partial charge in [0, 0.05) is 17.5 Å². The summed E-state index contributed by atoms with van der Waals surface area (Å²) in [6, 6.07) is 2.03. The molecule has 76 valence electrons. The standard InChI is InChI=1S/C11H11N3S/c1-4-12-5-2-8(1)9-7-15-10-3-6-13-14-11(9)10/h1,3,6-7,12H,2,4-5H2. The van der Waals surface area contributed by atoms with Crippen molar-refractivity contribution in [3.05, 3.63) is 29.3 Å². The summed E-state index contributed by atoms with van der Waals surface area (Å²) in [6.45, 7) is 2.02. The SMILES string of the molecule is C1=C(c2csc3ccnnc23)CCNC1. The van der Waals surface area contributed by atoms with Crippen LogP contribution in [0.2, 0.25) is 0 Å². The van der Waals surface area contributed by atoms with Gasteiger partial charge in [0.1, 0.15) is 5.52 Å². The van der Waals surface area contributed by atoms with Gasteiger partial charge in [-0.05, 0) is 24.6 Å². The fourth-order valence-corrected chi connectivity index (χ4v) is 2.78. The predicted octanol–water partition coefficient (Wildman–Crippen LogP) is 2.07. The van der Waals surface area contributed by atoms with Gasteiger partial charge in [-0.2, -0.15) is 5.10 Å². The maximum atomic E-state index is 4.22. The van der Waals surface area contributed by atoms with Crippen LogP contribution in [0.25, 0.3) is 15.8 Å². The van der Waals surface area contributed by atoms with Crippen LogP contribution in [0.4, 0.5) is 0 Å². The van der Waals surface area contributed by atoms with Gasteiger partial charge in [0.2, 0.25) is 0 Å². The third kappa shape index (κ3) is 1.56. The van der Waals surface area contributed by atoms with Crippen molar-refractivity contribution in [2.45, 2.75) is 6.42 Å². The molecule has 0 aromatic carbocycles. The zero-order chi connectivity index (χ0) is 10.1. The van der Waals surface area contributed by atoms with E-state index >= 15 is 0 Å². The number of aromatic nitrogens is 2. The first-order chi connectivity index (χ1) is 7.45. The molecule has 2 aromatic heterocycles. The lowest BCUT2D eigenvalue weighted by molar-refractivity contribution is 0.739. The summed E-state index contributed by atoms with van der Waals surface area (Å²) in [7, 11) is 0. The molecule has 1 aliphatic rings. The lowest BCUT2D eigenvalue weighted by Crippen LogP contribution is -2.19. The minimum atomic E-state index is 0.965. The molecule has 0 saturated carbocycles. The van der Waals surface area contributed by atoms with Crippen LogP contribution in [0, 0.1) is 0 Å². The molecule has 0 unspecified atom stereocenters. The molecule has 3 rings (SSSR count). The van der Waals surface area contributed by atoms with Crippen molar-refractivity contribution in [1.29, 1.82) is 0 Å². The van der Waals surface area contributed by atoms with E-state index < -0.39 is 0 Å². The van der Waals surface area contributed by atoms with Gasteiger partial charge in [-0.25, -0.2) is 0 Å². The summed E-state index contributed by atoms with van der Waals surface area (Å²) >= 11 is 1.74. The fourth-order valence-electron chi connectivity index (χ4n) is 1.88. The van der Waals surface area contributed by atoms with E-state index in [-0.39, 0.29) is 0 Å². The predicted molar refractivity (Wildman–Crippen MR) is 62.9 cm³/mol. The van der Waals surface area contributed by atoms with Gasteiger partial charge in [0.05, 0.1) is 10.9 Å². The monoisotopic (exact) mass is 217 g/mol. The second-order valence-corrected chi connectivity index (χ2v) is 4.49. The third-order valence-electron chi connectivity index (χ3n) is 2.65. The Balaban J connectivity index is 2.14. The van der Waals surface area contributed by atoms with Gasteiger partial charge in [0.25, 0.3) is 0 Å². The Kier molecular flexibility index (Phi) is 2.23. The topological polar surface area (TPSA) is 37.8 Å². The second kappa shape index (κ2) is 3.72. The summed E-state index contributed by atoms with van der Waals surface area (Å²) in [5.74, 6) is 0. The van der Waals surface area contributed by atoms with Crippen LogP contribution in [0.5, 0.6) is 0 Å². The number of nitrogens with zero attached hydrogens (tertiary/aromatic N) is 2. The van der Waals surface area contributed by atoms with Gasteiger partial charge in [-0.3, -0.25) is 0 Å². The van der Waals surface area contributed by atoms with Gasteiger partial charge in [-0.15, -0.1) is 16.4 Å². The van der Waals surface area contributed by atoms with Crippen LogP contribution in [0.3, 0.4) is 0 Å². The van der Waals surface area contributed by atoms with Crippen LogP contribution in [0.1, 0.15) is 12.0 Å². The van der Waals surface area contributed by atoms with Crippen molar-refractivity contribution in [3.63, 3.8) is 0 Å². The molecule has 0 amide bonds. The molecule has 0 radical (unpaired) electrons. The van der Waals surface area contributed by atoms with Crippen LogP contribution in [0.15, 0.2) is 23.7 Å². The smallest absolute Gasteiger partial charge is 0.111 e. The van der Waals surface area contributed by atoms with Gasteiger partial charge >= 0.3 is 0 Å². The Bertz CT molecular complexity index is 515. The van der Waals surface area contributed by atoms with E-state index in [0.29, 0.717) is 0 Å². The molecule has 2 aromatic rings. The van der Waals surface area contributed by atoms with Gasteiger partial charge < -0.3 is 5.32 Å². The Morgan fingerprint density at radius 2 is 2.40 bits per heavy atom. The van der Waals surface area contributed by atoms with Crippen molar-refractivity contribution in [1.82, 2.24) is 15.5 Å². The zero-order valence-electron chi connectivity index (χ0n) is 8.23. The average Bonchev–Trinajstić information content (AvgIpc) is 2.74. The van der Waals surface area contributed by atoms with Crippen LogP contribution >= 0.6 is 11.3 Å². The fraction of sp³-hybridized carbons (Fsp3) is 0.273. The third-order valence-corrected chi connectivity index (χ3v) is 3.59. The summed E-state index contributed by atoms with van der Waals surface area (Å²) in [5.41, 5.74) is 3.72. The molecule has 0 bridgehead atoms. The largest absolute Gasteiger partial charge is 0.313 e. The van der Waals surface area contributed by atoms with Crippen LogP contribution in [-0.2, 0) is 0 Å². The van der Waals surface area contributed by atoms with Crippen molar-refractivity contribution < 1.29 is 0 Å². The molecule has 1 N–H and O–H groups in total. The normalized spacial score (nSPS) is 16.7. The number of rotatable bonds is 1. The summed E-state index contributed by atoms with van der Waals surface area (Å²) in [6.07, 6.45) is 5.08. The molecular weight excluding hydrogens is 206 g/mol. The molecule has 1 aliphatic heterocycles. The zero-order valence-corrected chi connectivity index (χ0v) is 9.05. The maximum absolute atomic E-state index is 4.22. The van der Waals surface area contributed by atoms with E-state index in [2.05, 4.69) is 27.0 Å². The quantitative estimate of drug-likeness (QED) is 0.794. The summed E-state index contributed by atoms with van der Waals surface area (Å²) < 4.78 is 1.22. The first-order valence-corrected chi connectivity index (χ1v) is 5.92. The lowest BCUT2D eigenvalue weighted by atomic mass is 10.0. The Hall–Kier alpha value is -1.26. The van der Waals surface area contributed by atoms with Crippen molar-refractivity contribution in [3.8, 4) is 0 Å². The van der Waals surface area contributed by atoms with E-state index in [1.54, 1.807) is 17.5 Å². The summed E-state index contributed by atoms with van der Waals surface area (Å²) in [5, 5.41) is 13.7. The van der Waals surface area contributed by atoms with Gasteiger partial charge in [0.15, 0.2) is 0 Å². The molecule has 0 atom stereocenters. The maximum Gasteiger partial charge on any atom is 0.111 e. The molecule has 4 heteroatoms. The molecule has 3 nitrogen and oxygen atoms in total. The van der Waals surface area contributed by atoms with E-state index in [0.717, 1.165) is 25.0 Å². The molecule has 15 heavy (non-hydrogen) atoms. The number of hydrogen-bond acceptors (Lipinski definition) is 4. The van der Waals surface area contributed by atoms with Gasteiger partial charge in [-0.1, -0.05) is 6.08 Å².